The zero-order chi connectivity index (χ0) is 18.4. The van der Waals surface area contributed by atoms with E-state index in [-0.39, 0.29) is 17.3 Å². The van der Waals surface area contributed by atoms with Crippen LogP contribution in [0, 0.1) is 10.1 Å². The molecule has 0 spiro atoms. The van der Waals surface area contributed by atoms with E-state index in [9.17, 15) is 14.9 Å². The Morgan fingerprint density at radius 1 is 1.08 bits per heavy atom. The lowest BCUT2D eigenvalue weighted by Crippen LogP contribution is -2.14. The molecule has 0 aliphatic rings. The van der Waals surface area contributed by atoms with Gasteiger partial charge in [0.25, 0.3) is 5.69 Å². The summed E-state index contributed by atoms with van der Waals surface area (Å²) >= 11 is 1.22. The normalized spacial score (nSPS) is 10.3. The summed E-state index contributed by atoms with van der Waals surface area (Å²) in [5.41, 5.74) is 1.67. The molecule has 2 aromatic heterocycles. The molecule has 0 atom stereocenters. The number of nitrogens with one attached hydrogen (secondary N) is 1. The maximum Gasteiger partial charge on any atom is 0.271 e. The minimum absolute atomic E-state index is 0.0774. The first-order chi connectivity index (χ1) is 12.6. The number of nitro benzene ring substituents is 1. The third-order valence-corrected chi connectivity index (χ3v) is 4.18. The number of aromatic nitrogens is 3. The topological polar surface area (TPSA) is 111 Å². The van der Waals surface area contributed by atoms with Crippen molar-refractivity contribution in [2.24, 2.45) is 0 Å². The van der Waals surface area contributed by atoms with Gasteiger partial charge in [-0.3, -0.25) is 19.9 Å². The Hall–Kier alpha value is -3.33. The second-order valence-electron chi connectivity index (χ2n) is 5.12. The molecular weight excluding hydrogens is 354 g/mol. The molecule has 0 bridgehead atoms. The number of non-ortho nitro benzene ring substituents is 1. The summed E-state index contributed by atoms with van der Waals surface area (Å²) in [6.07, 6.45) is 1.68. The molecule has 0 unspecified atom stereocenters. The molecule has 0 aliphatic heterocycles. The van der Waals surface area contributed by atoms with Gasteiger partial charge in [0.2, 0.25) is 5.91 Å². The number of rotatable bonds is 6. The van der Waals surface area contributed by atoms with E-state index in [1.165, 1.54) is 30.0 Å². The van der Waals surface area contributed by atoms with Gasteiger partial charge in [-0.1, -0.05) is 23.9 Å². The Morgan fingerprint density at radius 3 is 2.65 bits per heavy atom. The number of benzene rings is 1. The second-order valence-corrected chi connectivity index (χ2v) is 6.11. The number of anilines is 1. The molecule has 9 heteroatoms. The van der Waals surface area contributed by atoms with E-state index in [0.717, 1.165) is 5.69 Å². The van der Waals surface area contributed by atoms with Gasteiger partial charge >= 0.3 is 0 Å². The summed E-state index contributed by atoms with van der Waals surface area (Å²) in [5.74, 6) is -0.175. The number of amides is 1. The minimum atomic E-state index is -0.511. The van der Waals surface area contributed by atoms with Gasteiger partial charge in [-0.25, -0.2) is 0 Å². The minimum Gasteiger partial charge on any atom is -0.325 e. The van der Waals surface area contributed by atoms with Crippen LogP contribution in [0.25, 0.3) is 11.4 Å². The summed E-state index contributed by atoms with van der Waals surface area (Å²) in [4.78, 5) is 26.4. The molecule has 26 heavy (non-hydrogen) atoms. The lowest BCUT2D eigenvalue weighted by molar-refractivity contribution is -0.384. The average Bonchev–Trinajstić information content (AvgIpc) is 2.68. The summed E-state index contributed by atoms with van der Waals surface area (Å²) in [7, 11) is 0. The molecule has 3 rings (SSSR count). The van der Waals surface area contributed by atoms with E-state index in [2.05, 4.69) is 20.5 Å². The fraction of sp³-hybridized carbons (Fsp3) is 0.0588. The van der Waals surface area contributed by atoms with Gasteiger partial charge in [-0.2, -0.15) is 0 Å². The lowest BCUT2D eigenvalue weighted by Gasteiger charge is -2.05. The monoisotopic (exact) mass is 367 g/mol. The summed E-state index contributed by atoms with van der Waals surface area (Å²) in [6, 6.07) is 14.9. The smallest absolute Gasteiger partial charge is 0.271 e. The fourth-order valence-electron chi connectivity index (χ4n) is 2.08. The highest BCUT2D eigenvalue weighted by molar-refractivity contribution is 7.99. The summed E-state index contributed by atoms with van der Waals surface area (Å²) in [5, 5.41) is 22.1. The number of carbonyl (C=O) groups excluding carboxylic acids is 1. The van der Waals surface area contributed by atoms with Crippen LogP contribution in [0.4, 0.5) is 11.4 Å². The van der Waals surface area contributed by atoms with Gasteiger partial charge in [-0.05, 0) is 30.3 Å². The van der Waals surface area contributed by atoms with Crippen molar-refractivity contribution < 1.29 is 9.72 Å². The number of hydrogen-bond acceptors (Lipinski definition) is 7. The molecule has 130 valence electrons. The molecule has 0 aliphatic carbocycles. The fourth-order valence-corrected chi connectivity index (χ4v) is 2.70. The highest BCUT2D eigenvalue weighted by Crippen LogP contribution is 2.20. The van der Waals surface area contributed by atoms with E-state index < -0.39 is 4.92 Å². The first kappa shape index (κ1) is 17.5. The first-order valence-corrected chi connectivity index (χ1v) is 8.52. The summed E-state index contributed by atoms with van der Waals surface area (Å²) in [6.45, 7) is 0. The molecular formula is C17H13N5O3S. The highest BCUT2D eigenvalue weighted by Gasteiger charge is 2.09. The van der Waals surface area contributed by atoms with Gasteiger partial charge in [0, 0.05) is 24.0 Å². The van der Waals surface area contributed by atoms with E-state index in [1.54, 1.807) is 24.4 Å². The van der Waals surface area contributed by atoms with E-state index in [1.807, 2.05) is 18.2 Å². The maximum absolute atomic E-state index is 12.0. The molecule has 8 nitrogen and oxygen atoms in total. The second kappa shape index (κ2) is 8.17. The van der Waals surface area contributed by atoms with Crippen LogP contribution in [0.1, 0.15) is 0 Å². The first-order valence-electron chi connectivity index (χ1n) is 7.54. The Labute approximate surface area is 152 Å². The molecule has 0 fully saturated rings. The van der Waals surface area contributed by atoms with E-state index >= 15 is 0 Å². The Morgan fingerprint density at radius 2 is 1.96 bits per heavy atom. The SMILES string of the molecule is O=C(CSc1ccc(-c2ccccn2)nn1)Nc1cccc([N+](=O)[O-])c1. The number of nitro groups is 1. The van der Waals surface area contributed by atoms with Gasteiger partial charge in [0.15, 0.2) is 0 Å². The van der Waals surface area contributed by atoms with Crippen LogP contribution in [0.2, 0.25) is 0 Å². The van der Waals surface area contributed by atoms with Crippen LogP contribution >= 0.6 is 11.8 Å². The highest BCUT2D eigenvalue weighted by atomic mass is 32.2. The number of carbonyl (C=O) groups is 1. The van der Waals surface area contributed by atoms with Crippen molar-refractivity contribution in [2.45, 2.75) is 5.03 Å². The maximum atomic E-state index is 12.0. The van der Waals surface area contributed by atoms with Gasteiger partial charge in [-0.15, -0.1) is 10.2 Å². The van der Waals surface area contributed by atoms with Crippen LogP contribution in [-0.4, -0.2) is 31.8 Å². The molecule has 3 aromatic rings. The van der Waals surface area contributed by atoms with Crippen molar-refractivity contribution in [1.82, 2.24) is 15.2 Å². The van der Waals surface area contributed by atoms with Crippen molar-refractivity contribution in [1.29, 1.82) is 0 Å². The molecule has 0 radical (unpaired) electrons. The van der Waals surface area contributed by atoms with E-state index in [4.69, 9.17) is 0 Å². The molecule has 1 N–H and O–H groups in total. The number of hydrogen-bond donors (Lipinski definition) is 1. The predicted octanol–water partition coefficient (Wildman–Crippen LogP) is 3.18. The Kier molecular flexibility index (Phi) is 5.49. The average molecular weight is 367 g/mol. The van der Waals surface area contributed by atoms with Crippen molar-refractivity contribution in [3.63, 3.8) is 0 Å². The molecule has 1 aromatic carbocycles. The number of thioether (sulfide) groups is 1. The predicted molar refractivity (Wildman–Crippen MR) is 97.7 cm³/mol. The van der Waals surface area contributed by atoms with Crippen LogP contribution in [0.15, 0.2) is 65.8 Å². The van der Waals surface area contributed by atoms with Crippen LogP contribution < -0.4 is 5.32 Å². The van der Waals surface area contributed by atoms with Gasteiger partial charge < -0.3 is 5.32 Å². The third kappa shape index (κ3) is 4.61. The zero-order valence-electron chi connectivity index (χ0n) is 13.4. The van der Waals surface area contributed by atoms with Gasteiger partial charge in [0.1, 0.15) is 10.7 Å². The van der Waals surface area contributed by atoms with Crippen molar-refractivity contribution in [2.75, 3.05) is 11.1 Å². The Bertz CT molecular complexity index is 919. The molecule has 2 heterocycles. The lowest BCUT2D eigenvalue weighted by atomic mass is 10.2. The number of pyridine rings is 1. The zero-order valence-corrected chi connectivity index (χ0v) is 14.2. The third-order valence-electron chi connectivity index (χ3n) is 3.26. The summed E-state index contributed by atoms with van der Waals surface area (Å²) < 4.78 is 0. The quantitative estimate of drug-likeness (QED) is 0.404. The standard InChI is InChI=1S/C17H13N5O3S/c23-16(19-12-4-3-5-13(10-12)22(24)25)11-26-17-8-7-15(20-21-17)14-6-1-2-9-18-14/h1-10H,11H2,(H,19,23). The molecule has 0 saturated heterocycles. The van der Waals surface area contributed by atoms with Crippen LogP contribution in [0.3, 0.4) is 0 Å². The van der Waals surface area contributed by atoms with Crippen LogP contribution in [-0.2, 0) is 4.79 Å². The molecule has 1 amide bonds. The van der Waals surface area contributed by atoms with Crippen molar-refractivity contribution >= 4 is 29.0 Å². The van der Waals surface area contributed by atoms with E-state index in [0.29, 0.717) is 16.4 Å². The number of nitrogens with zero attached hydrogens (tertiary/aromatic N) is 4. The molecule has 0 saturated carbocycles. The largest absolute Gasteiger partial charge is 0.325 e. The Balaban J connectivity index is 1.56. The van der Waals surface area contributed by atoms with Crippen molar-refractivity contribution in [3.05, 3.63) is 70.9 Å². The van der Waals surface area contributed by atoms with Crippen LogP contribution in [0.5, 0.6) is 0 Å². The van der Waals surface area contributed by atoms with Crippen molar-refractivity contribution in [3.8, 4) is 11.4 Å². The van der Waals surface area contributed by atoms with Gasteiger partial charge in [0.05, 0.1) is 16.4 Å².